The molecule has 0 aliphatic rings. The van der Waals surface area contributed by atoms with Crippen LogP contribution in [0.4, 0.5) is 17.1 Å². The van der Waals surface area contributed by atoms with Gasteiger partial charge in [-0.25, -0.2) is 4.98 Å². The normalized spacial score (nSPS) is 11.6. The first-order valence-corrected chi connectivity index (χ1v) is 20.2. The number of para-hydroxylation sites is 1. The van der Waals surface area contributed by atoms with Gasteiger partial charge in [-0.05, 0) is 98.4 Å². The van der Waals surface area contributed by atoms with Crippen molar-refractivity contribution < 1.29 is 0 Å². The Morgan fingerprint density at radius 1 is 0.364 bits per heavy atom. The largest absolute Gasteiger partial charge is 0.311 e. The second-order valence-electron chi connectivity index (χ2n) is 13.9. The van der Waals surface area contributed by atoms with Gasteiger partial charge >= 0.3 is 0 Å². The molecule has 258 valence electrons. The maximum absolute atomic E-state index is 5.02. The third kappa shape index (κ3) is 5.49. The number of benzene rings is 9. The van der Waals surface area contributed by atoms with Crippen molar-refractivity contribution in [2.75, 3.05) is 4.90 Å². The predicted octanol–water partition coefficient (Wildman–Crippen LogP) is 15.4. The van der Waals surface area contributed by atoms with Crippen LogP contribution in [0.15, 0.2) is 194 Å². The highest BCUT2D eigenvalue weighted by Gasteiger charge is 2.17. The Labute approximate surface area is 326 Å². The van der Waals surface area contributed by atoms with Gasteiger partial charge in [0.25, 0.3) is 0 Å². The highest BCUT2D eigenvalue weighted by molar-refractivity contribution is 7.26. The van der Waals surface area contributed by atoms with E-state index in [2.05, 4.69) is 199 Å². The van der Waals surface area contributed by atoms with E-state index in [0.29, 0.717) is 0 Å². The van der Waals surface area contributed by atoms with Crippen LogP contribution in [0.2, 0.25) is 0 Å². The number of thiazole rings is 1. The summed E-state index contributed by atoms with van der Waals surface area (Å²) in [4.78, 5) is 7.37. The second kappa shape index (κ2) is 13.1. The van der Waals surface area contributed by atoms with Crippen LogP contribution in [0.3, 0.4) is 0 Å². The molecule has 0 unspecified atom stereocenters. The Hall–Kier alpha value is -6.59. The van der Waals surface area contributed by atoms with Gasteiger partial charge in [0.2, 0.25) is 0 Å². The molecule has 11 aromatic rings. The van der Waals surface area contributed by atoms with Gasteiger partial charge in [-0.1, -0.05) is 140 Å². The van der Waals surface area contributed by atoms with Crippen molar-refractivity contribution >= 4 is 91.7 Å². The zero-order valence-corrected chi connectivity index (χ0v) is 31.3. The average molecular weight is 737 g/mol. The Morgan fingerprint density at radius 3 is 1.71 bits per heavy atom. The summed E-state index contributed by atoms with van der Waals surface area (Å²) in [6, 6.07) is 70.3. The van der Waals surface area contributed by atoms with Crippen LogP contribution in [0.5, 0.6) is 0 Å². The van der Waals surface area contributed by atoms with Gasteiger partial charge in [-0.3, -0.25) is 0 Å². The summed E-state index contributed by atoms with van der Waals surface area (Å²) in [6.45, 7) is 0. The zero-order valence-electron chi connectivity index (χ0n) is 29.7. The average Bonchev–Trinajstić information content (AvgIpc) is 3.85. The molecule has 0 bridgehead atoms. The minimum Gasteiger partial charge on any atom is -0.311 e. The van der Waals surface area contributed by atoms with Crippen molar-refractivity contribution in [3.05, 3.63) is 194 Å². The molecular weight excluding hydrogens is 705 g/mol. The molecule has 2 aromatic heterocycles. The van der Waals surface area contributed by atoms with Gasteiger partial charge in [0.05, 0.1) is 10.2 Å². The number of aromatic nitrogens is 1. The lowest BCUT2D eigenvalue weighted by Gasteiger charge is -2.26. The fourth-order valence-electron chi connectivity index (χ4n) is 8.05. The lowest BCUT2D eigenvalue weighted by molar-refractivity contribution is 1.28. The summed E-state index contributed by atoms with van der Waals surface area (Å²) in [5.74, 6) is 0. The van der Waals surface area contributed by atoms with E-state index in [1.165, 1.54) is 74.2 Å². The molecule has 0 atom stereocenters. The summed E-state index contributed by atoms with van der Waals surface area (Å²) in [7, 11) is 0. The Bertz CT molecular complexity index is 3180. The van der Waals surface area contributed by atoms with Crippen molar-refractivity contribution in [1.29, 1.82) is 0 Å². The van der Waals surface area contributed by atoms with E-state index in [1.807, 2.05) is 11.3 Å². The highest BCUT2D eigenvalue weighted by Crippen LogP contribution is 2.44. The number of thiophene rings is 1. The van der Waals surface area contributed by atoms with E-state index < -0.39 is 0 Å². The molecule has 0 N–H and O–H groups in total. The monoisotopic (exact) mass is 736 g/mol. The lowest BCUT2D eigenvalue weighted by atomic mass is 9.93. The smallest absolute Gasteiger partial charge is 0.124 e. The predicted molar refractivity (Wildman–Crippen MR) is 239 cm³/mol. The van der Waals surface area contributed by atoms with Gasteiger partial charge in [0.1, 0.15) is 5.01 Å². The summed E-state index contributed by atoms with van der Waals surface area (Å²) >= 11 is 3.63. The van der Waals surface area contributed by atoms with Crippen molar-refractivity contribution in [2.24, 2.45) is 0 Å². The molecule has 4 heteroatoms. The maximum atomic E-state index is 5.02. The molecule has 55 heavy (non-hydrogen) atoms. The molecule has 0 aliphatic heterocycles. The minimum atomic E-state index is 1.06. The molecule has 0 saturated carbocycles. The summed E-state index contributed by atoms with van der Waals surface area (Å²) in [6.07, 6.45) is 0. The minimum absolute atomic E-state index is 1.06. The topological polar surface area (TPSA) is 16.1 Å². The molecule has 0 saturated heterocycles. The first kappa shape index (κ1) is 31.9. The molecule has 0 aliphatic carbocycles. The van der Waals surface area contributed by atoms with Crippen LogP contribution in [0, 0.1) is 0 Å². The molecular formula is C51H32N2S2. The maximum Gasteiger partial charge on any atom is 0.124 e. The zero-order chi connectivity index (χ0) is 36.3. The fraction of sp³-hybridized carbons (Fsp3) is 0. The Kier molecular flexibility index (Phi) is 7.58. The van der Waals surface area contributed by atoms with Crippen LogP contribution in [0.25, 0.3) is 84.8 Å². The number of rotatable bonds is 6. The molecule has 0 fully saturated rings. The summed E-state index contributed by atoms with van der Waals surface area (Å²) in [5, 5.41) is 8.76. The van der Waals surface area contributed by atoms with Gasteiger partial charge < -0.3 is 4.90 Å². The fourth-order valence-corrected chi connectivity index (χ4v) is 10.3. The lowest BCUT2D eigenvalue weighted by Crippen LogP contribution is -2.09. The van der Waals surface area contributed by atoms with Crippen molar-refractivity contribution in [1.82, 2.24) is 4.98 Å². The number of hydrogen-bond donors (Lipinski definition) is 0. The quantitative estimate of drug-likeness (QED) is 0.158. The van der Waals surface area contributed by atoms with Crippen LogP contribution in [-0.4, -0.2) is 4.98 Å². The Morgan fingerprint density at radius 2 is 0.964 bits per heavy atom. The van der Waals surface area contributed by atoms with E-state index in [4.69, 9.17) is 4.98 Å². The SMILES string of the molecule is c1ccc(-c2nc3cc4sc5c(-c6ccc(N(c7ccccc7)c7ccc(-c8cc9ccccc9c9ccccc89)cc7)cc6)cccc5c4cc3s2)cc1. The molecule has 0 spiro atoms. The first-order valence-electron chi connectivity index (χ1n) is 18.5. The standard InChI is InChI=1S/C51H32N2S2/c1-3-12-35(13-4-1)51-52-47-32-48-46(31-49(47)55-51)44-21-11-20-41(50(44)54-48)33-22-26-38(27-23-33)53(37-15-5-2-6-16-37)39-28-24-34(25-29-39)45-30-36-14-7-8-17-40(36)42-18-9-10-19-43(42)45/h1-32H. The number of hydrogen-bond acceptors (Lipinski definition) is 4. The molecule has 0 amide bonds. The van der Waals surface area contributed by atoms with Crippen molar-refractivity contribution in [3.8, 4) is 32.8 Å². The Balaban J connectivity index is 0.959. The van der Waals surface area contributed by atoms with E-state index in [1.54, 1.807) is 11.3 Å². The molecule has 11 rings (SSSR count). The van der Waals surface area contributed by atoms with Crippen LogP contribution >= 0.6 is 22.7 Å². The van der Waals surface area contributed by atoms with Gasteiger partial charge in [-0.15, -0.1) is 22.7 Å². The van der Waals surface area contributed by atoms with E-state index >= 15 is 0 Å². The second-order valence-corrected chi connectivity index (χ2v) is 16.0. The van der Waals surface area contributed by atoms with Gasteiger partial charge in [-0.2, -0.15) is 0 Å². The third-order valence-corrected chi connectivity index (χ3v) is 13.0. The highest BCUT2D eigenvalue weighted by atomic mass is 32.1. The van der Waals surface area contributed by atoms with E-state index in [-0.39, 0.29) is 0 Å². The first-order chi connectivity index (χ1) is 27.2. The molecule has 2 nitrogen and oxygen atoms in total. The van der Waals surface area contributed by atoms with E-state index in [0.717, 1.165) is 27.6 Å². The van der Waals surface area contributed by atoms with Crippen molar-refractivity contribution in [3.63, 3.8) is 0 Å². The van der Waals surface area contributed by atoms with Gasteiger partial charge in [0, 0.05) is 42.8 Å². The van der Waals surface area contributed by atoms with Crippen molar-refractivity contribution in [2.45, 2.75) is 0 Å². The molecule has 0 radical (unpaired) electrons. The number of nitrogens with zero attached hydrogens (tertiary/aromatic N) is 2. The molecule has 9 aromatic carbocycles. The number of fused-ring (bicyclic) bond motifs is 7. The summed E-state index contributed by atoms with van der Waals surface area (Å²) in [5.41, 5.74) is 10.5. The molecule has 2 heterocycles. The van der Waals surface area contributed by atoms with Crippen LogP contribution in [0.1, 0.15) is 0 Å². The summed E-state index contributed by atoms with van der Waals surface area (Å²) < 4.78 is 3.80. The number of anilines is 3. The van der Waals surface area contributed by atoms with Gasteiger partial charge in [0.15, 0.2) is 0 Å². The third-order valence-electron chi connectivity index (χ3n) is 10.7. The van der Waals surface area contributed by atoms with Crippen LogP contribution in [-0.2, 0) is 0 Å². The van der Waals surface area contributed by atoms with Crippen LogP contribution < -0.4 is 4.90 Å². The van der Waals surface area contributed by atoms with E-state index in [9.17, 15) is 0 Å².